The Bertz CT molecular complexity index is 604. The van der Waals surface area contributed by atoms with Crippen molar-refractivity contribution in [3.05, 3.63) is 29.6 Å². The number of nitrogens with zero attached hydrogens (tertiary/aromatic N) is 1. The number of halogens is 1. The maximum Gasteiger partial charge on any atom is 0.171 e. The normalized spacial score (nSPS) is 21.3. The van der Waals surface area contributed by atoms with Crippen molar-refractivity contribution < 1.29 is 17.9 Å². The van der Waals surface area contributed by atoms with Gasteiger partial charge in [-0.25, -0.2) is 12.8 Å². The minimum atomic E-state index is -3.27. The molecule has 1 fully saturated rings. The van der Waals surface area contributed by atoms with E-state index in [4.69, 9.17) is 0 Å². The smallest absolute Gasteiger partial charge is 0.171 e. The van der Waals surface area contributed by atoms with Crippen molar-refractivity contribution in [2.24, 2.45) is 0 Å². The molecule has 4 nitrogen and oxygen atoms in total. The summed E-state index contributed by atoms with van der Waals surface area (Å²) in [5, 5.41) is 8.80. The molecule has 1 aliphatic rings. The van der Waals surface area contributed by atoms with Gasteiger partial charge in [-0.2, -0.15) is 11.8 Å². The second-order valence-electron chi connectivity index (χ2n) is 5.06. The number of benzene rings is 1. The van der Waals surface area contributed by atoms with Crippen LogP contribution < -0.4 is 4.90 Å². The first-order valence-electron chi connectivity index (χ1n) is 6.90. The van der Waals surface area contributed by atoms with Gasteiger partial charge in [-0.1, -0.05) is 13.0 Å². The average molecular weight is 333 g/mol. The largest absolute Gasteiger partial charge is 0.389 e. The highest BCUT2D eigenvalue weighted by molar-refractivity contribution is 8.01. The van der Waals surface area contributed by atoms with E-state index < -0.39 is 27.1 Å². The van der Waals surface area contributed by atoms with E-state index in [1.165, 1.54) is 6.07 Å². The third kappa shape index (κ3) is 3.52. The van der Waals surface area contributed by atoms with Crippen LogP contribution in [0.5, 0.6) is 0 Å². The van der Waals surface area contributed by atoms with Crippen LogP contribution in [0, 0.1) is 5.82 Å². The molecule has 0 bridgehead atoms. The second-order valence-corrected chi connectivity index (χ2v) is 8.66. The highest BCUT2D eigenvalue weighted by Gasteiger charge is 2.34. The molecule has 1 N–H and O–H groups in total. The summed E-state index contributed by atoms with van der Waals surface area (Å²) in [5.41, 5.74) is 0.777. The number of anilines is 1. The zero-order valence-electron chi connectivity index (χ0n) is 12.1. The molecule has 21 heavy (non-hydrogen) atoms. The van der Waals surface area contributed by atoms with Gasteiger partial charge in [0.15, 0.2) is 9.84 Å². The van der Waals surface area contributed by atoms with Crippen LogP contribution in [0.1, 0.15) is 25.5 Å². The molecular formula is C14H20FNO3S2. The van der Waals surface area contributed by atoms with Gasteiger partial charge in [0.1, 0.15) is 11.2 Å². The number of aliphatic hydroxyl groups excluding tert-OH is 1. The fraction of sp³-hybridized carbons (Fsp3) is 0.571. The Morgan fingerprint density at radius 1 is 1.52 bits per heavy atom. The van der Waals surface area contributed by atoms with E-state index in [0.29, 0.717) is 23.5 Å². The monoisotopic (exact) mass is 333 g/mol. The molecule has 1 saturated heterocycles. The van der Waals surface area contributed by atoms with Crippen LogP contribution in [0.3, 0.4) is 0 Å². The first kappa shape index (κ1) is 16.6. The number of aliphatic hydroxyl groups is 1. The predicted molar refractivity (Wildman–Crippen MR) is 85.0 cm³/mol. The van der Waals surface area contributed by atoms with Crippen molar-refractivity contribution in [1.82, 2.24) is 0 Å². The van der Waals surface area contributed by atoms with Crippen LogP contribution >= 0.6 is 11.8 Å². The van der Waals surface area contributed by atoms with E-state index in [1.54, 1.807) is 42.6 Å². The van der Waals surface area contributed by atoms with E-state index in [-0.39, 0.29) is 5.75 Å². The van der Waals surface area contributed by atoms with E-state index in [2.05, 4.69) is 0 Å². The molecule has 1 aliphatic heterocycles. The van der Waals surface area contributed by atoms with Gasteiger partial charge in [0.25, 0.3) is 0 Å². The molecule has 0 spiro atoms. The molecule has 0 aliphatic carbocycles. The molecule has 0 saturated carbocycles. The second kappa shape index (κ2) is 6.54. The Balaban J connectivity index is 2.38. The SMILES string of the molecule is CCS(=O)(=O)C1CSCCN1c1ccc([C@@H](C)O)cc1F. The maximum absolute atomic E-state index is 14.3. The van der Waals surface area contributed by atoms with Crippen LogP contribution in [0.4, 0.5) is 10.1 Å². The lowest BCUT2D eigenvalue weighted by molar-refractivity contribution is 0.199. The molecule has 2 rings (SSSR count). The van der Waals surface area contributed by atoms with Crippen molar-refractivity contribution in [3.8, 4) is 0 Å². The van der Waals surface area contributed by atoms with Crippen molar-refractivity contribution in [1.29, 1.82) is 0 Å². The first-order valence-corrected chi connectivity index (χ1v) is 9.77. The van der Waals surface area contributed by atoms with Gasteiger partial charge >= 0.3 is 0 Å². The first-order chi connectivity index (χ1) is 9.86. The van der Waals surface area contributed by atoms with Crippen LogP contribution in [-0.4, -0.2) is 42.7 Å². The molecule has 0 radical (unpaired) electrons. The fourth-order valence-electron chi connectivity index (χ4n) is 2.36. The van der Waals surface area contributed by atoms with Crippen LogP contribution in [0.2, 0.25) is 0 Å². The quantitative estimate of drug-likeness (QED) is 0.915. The van der Waals surface area contributed by atoms with Gasteiger partial charge < -0.3 is 10.0 Å². The summed E-state index contributed by atoms with van der Waals surface area (Å²) in [5.74, 6) is 0.778. The number of sulfone groups is 1. The van der Waals surface area contributed by atoms with Crippen LogP contribution in [0.15, 0.2) is 18.2 Å². The standard InChI is InChI=1S/C14H20FNO3S2/c1-3-21(18,19)14-9-20-7-6-16(14)13-5-4-11(10(2)17)8-12(13)15/h4-5,8,10,14,17H,3,6-7,9H2,1-2H3/t10-,14?/m1/s1. The van der Waals surface area contributed by atoms with Crippen LogP contribution in [-0.2, 0) is 9.84 Å². The minimum absolute atomic E-state index is 0.0438. The fourth-order valence-corrected chi connectivity index (χ4v) is 5.35. The summed E-state index contributed by atoms with van der Waals surface area (Å²) < 4.78 is 38.7. The van der Waals surface area contributed by atoms with Gasteiger partial charge in [-0.3, -0.25) is 0 Å². The number of hydrogen-bond donors (Lipinski definition) is 1. The summed E-state index contributed by atoms with van der Waals surface area (Å²) in [6.45, 7) is 3.68. The van der Waals surface area contributed by atoms with Gasteiger partial charge in [0.05, 0.1) is 11.8 Å². The molecule has 1 unspecified atom stereocenters. The van der Waals surface area contributed by atoms with Crippen molar-refractivity contribution >= 4 is 27.3 Å². The maximum atomic E-state index is 14.3. The highest BCUT2D eigenvalue weighted by Crippen LogP contribution is 2.30. The molecule has 1 aromatic rings. The molecule has 1 aromatic carbocycles. The van der Waals surface area contributed by atoms with E-state index in [0.717, 1.165) is 5.75 Å². The molecular weight excluding hydrogens is 313 g/mol. The zero-order valence-corrected chi connectivity index (χ0v) is 13.8. The molecule has 118 valence electrons. The Morgan fingerprint density at radius 2 is 2.24 bits per heavy atom. The average Bonchev–Trinajstić information content (AvgIpc) is 2.47. The molecule has 1 heterocycles. The Labute approximate surface area is 129 Å². The summed E-state index contributed by atoms with van der Waals surface area (Å²) in [6.07, 6.45) is -0.749. The van der Waals surface area contributed by atoms with Gasteiger partial charge in [-0.15, -0.1) is 0 Å². The van der Waals surface area contributed by atoms with E-state index in [9.17, 15) is 17.9 Å². The molecule has 0 amide bonds. The third-order valence-corrected chi connectivity index (χ3v) is 6.95. The summed E-state index contributed by atoms with van der Waals surface area (Å²) in [4.78, 5) is 1.64. The van der Waals surface area contributed by atoms with Gasteiger partial charge in [0, 0.05) is 23.8 Å². The van der Waals surface area contributed by atoms with E-state index >= 15 is 0 Å². The summed E-state index contributed by atoms with van der Waals surface area (Å²) >= 11 is 1.57. The van der Waals surface area contributed by atoms with Crippen molar-refractivity contribution in [2.75, 3.05) is 28.7 Å². The lowest BCUT2D eigenvalue weighted by atomic mass is 10.1. The van der Waals surface area contributed by atoms with Crippen molar-refractivity contribution in [2.45, 2.75) is 25.3 Å². The summed E-state index contributed by atoms with van der Waals surface area (Å²) in [6, 6.07) is 4.48. The molecule has 7 heteroatoms. The van der Waals surface area contributed by atoms with Gasteiger partial charge in [0.2, 0.25) is 0 Å². The zero-order chi connectivity index (χ0) is 15.6. The molecule has 0 aromatic heterocycles. The summed E-state index contributed by atoms with van der Waals surface area (Å²) in [7, 11) is -3.27. The topological polar surface area (TPSA) is 57.6 Å². The Morgan fingerprint density at radius 3 is 2.81 bits per heavy atom. The predicted octanol–water partition coefficient (Wildman–Crippen LogP) is 2.19. The number of thioether (sulfide) groups is 1. The lowest BCUT2D eigenvalue weighted by Gasteiger charge is -2.36. The molecule has 2 atom stereocenters. The van der Waals surface area contributed by atoms with Crippen molar-refractivity contribution in [3.63, 3.8) is 0 Å². The Hall–Kier alpha value is -0.790. The highest BCUT2D eigenvalue weighted by atomic mass is 32.2. The number of hydrogen-bond acceptors (Lipinski definition) is 5. The lowest BCUT2D eigenvalue weighted by Crippen LogP contribution is -2.48. The van der Waals surface area contributed by atoms with Crippen LogP contribution in [0.25, 0.3) is 0 Å². The Kier molecular flexibility index (Phi) is 5.16. The van der Waals surface area contributed by atoms with E-state index in [1.807, 2.05) is 0 Å². The minimum Gasteiger partial charge on any atom is -0.389 e. The number of rotatable bonds is 4. The van der Waals surface area contributed by atoms with Gasteiger partial charge in [-0.05, 0) is 24.6 Å². The third-order valence-electron chi connectivity index (χ3n) is 3.67.